The van der Waals surface area contributed by atoms with Crippen molar-refractivity contribution in [1.82, 2.24) is 10.2 Å². The topological polar surface area (TPSA) is 78.9 Å². The summed E-state index contributed by atoms with van der Waals surface area (Å²) in [6, 6.07) is 0. The number of ether oxygens (including phenoxy) is 1. The number of carbonyl (C=O) groups excluding carboxylic acids is 1. The van der Waals surface area contributed by atoms with Gasteiger partial charge in [-0.3, -0.25) is 0 Å². The third-order valence-electron chi connectivity index (χ3n) is 2.21. The van der Waals surface area contributed by atoms with E-state index < -0.39 is 23.0 Å². The lowest BCUT2D eigenvalue weighted by Crippen LogP contribution is -2.44. The highest BCUT2D eigenvalue weighted by Gasteiger charge is 2.32. The van der Waals surface area contributed by atoms with Gasteiger partial charge in [0, 0.05) is 12.3 Å². The first-order valence-corrected chi connectivity index (χ1v) is 7.27. The highest BCUT2D eigenvalue weighted by molar-refractivity contribution is 8.00. The van der Waals surface area contributed by atoms with Crippen LogP contribution in [0, 0.1) is 0 Å². The highest BCUT2D eigenvalue weighted by Crippen LogP contribution is 2.24. The highest BCUT2D eigenvalue weighted by atomic mass is 32.2. The van der Waals surface area contributed by atoms with Crippen molar-refractivity contribution in [3.63, 3.8) is 0 Å². The molecule has 0 aromatic heterocycles. The molecule has 0 spiro atoms. The van der Waals surface area contributed by atoms with Gasteiger partial charge in [0.25, 0.3) is 0 Å². The molecule has 2 N–H and O–H groups in total. The number of aliphatic carboxylic acids is 1. The van der Waals surface area contributed by atoms with Crippen LogP contribution in [0.25, 0.3) is 0 Å². The molecule has 8 heteroatoms. The van der Waals surface area contributed by atoms with E-state index in [0.29, 0.717) is 17.3 Å². The van der Waals surface area contributed by atoms with Gasteiger partial charge >= 0.3 is 12.1 Å². The van der Waals surface area contributed by atoms with Crippen molar-refractivity contribution in [2.24, 2.45) is 0 Å². The van der Waals surface area contributed by atoms with E-state index in [-0.39, 0.29) is 6.54 Å². The van der Waals surface area contributed by atoms with Crippen LogP contribution in [0.15, 0.2) is 0 Å². The van der Waals surface area contributed by atoms with Crippen LogP contribution < -0.4 is 5.32 Å². The number of nitrogens with one attached hydrogen (secondary N) is 1. The Morgan fingerprint density at radius 3 is 2.68 bits per heavy atom. The molecule has 0 aromatic carbocycles. The number of amides is 1. The molecule has 0 unspecified atom stereocenters. The predicted octanol–water partition coefficient (Wildman–Crippen LogP) is 1.30. The van der Waals surface area contributed by atoms with Gasteiger partial charge in [-0.1, -0.05) is 12.2 Å². The molecule has 108 valence electrons. The lowest BCUT2D eigenvalue weighted by atomic mass is 10.2. The summed E-state index contributed by atoms with van der Waals surface area (Å²) in [6.07, 6.45) is -0.562. The van der Waals surface area contributed by atoms with Gasteiger partial charge < -0.3 is 20.1 Å². The molecule has 1 saturated heterocycles. The summed E-state index contributed by atoms with van der Waals surface area (Å²) in [5.74, 6) is -0.203. The number of hydrogen-bond donors (Lipinski definition) is 2. The maximum atomic E-state index is 11.5. The van der Waals surface area contributed by atoms with E-state index in [0.717, 1.165) is 0 Å². The number of thiocarbonyl (C=S) groups is 1. The van der Waals surface area contributed by atoms with Gasteiger partial charge in [0.1, 0.15) is 5.60 Å². The van der Waals surface area contributed by atoms with Crippen LogP contribution in [0.1, 0.15) is 20.8 Å². The van der Waals surface area contributed by atoms with Crippen molar-refractivity contribution in [3.05, 3.63) is 0 Å². The minimum absolute atomic E-state index is 0.106. The molecule has 1 heterocycles. The number of hydrogen-bond acceptors (Lipinski definition) is 5. The molecule has 0 aromatic rings. The molecule has 0 radical (unpaired) electrons. The summed E-state index contributed by atoms with van der Waals surface area (Å²) >= 11 is 6.47. The van der Waals surface area contributed by atoms with Gasteiger partial charge in [0.05, 0.1) is 11.5 Å². The Kier molecular flexibility index (Phi) is 5.42. The van der Waals surface area contributed by atoms with E-state index in [1.165, 1.54) is 11.8 Å². The van der Waals surface area contributed by atoms with Gasteiger partial charge in [-0.25, -0.2) is 9.59 Å². The number of alkyl carbamates (subject to hydrolysis) is 1. The first-order valence-electron chi connectivity index (χ1n) is 5.81. The number of carboxylic acids is 1. The fraction of sp³-hybridized carbons (Fsp3) is 0.727. The van der Waals surface area contributed by atoms with Crippen LogP contribution in [0.3, 0.4) is 0 Å². The molecule has 1 aliphatic rings. The maximum absolute atomic E-state index is 11.5. The molecule has 0 aliphatic carbocycles. The Hall–Kier alpha value is -1.02. The Labute approximate surface area is 121 Å². The summed E-state index contributed by atoms with van der Waals surface area (Å²) in [7, 11) is 0. The Balaban J connectivity index is 2.43. The van der Waals surface area contributed by atoms with Gasteiger partial charge in [0.2, 0.25) is 0 Å². The van der Waals surface area contributed by atoms with E-state index in [2.05, 4.69) is 5.32 Å². The lowest BCUT2D eigenvalue weighted by molar-refractivity contribution is -0.138. The second-order valence-electron chi connectivity index (χ2n) is 5.00. The molecular weight excluding hydrogens is 288 g/mol. The van der Waals surface area contributed by atoms with Crippen molar-refractivity contribution in [2.75, 3.05) is 18.8 Å². The van der Waals surface area contributed by atoms with Gasteiger partial charge in [-0.15, -0.1) is 11.8 Å². The van der Waals surface area contributed by atoms with Crippen molar-refractivity contribution in [3.8, 4) is 0 Å². The summed E-state index contributed by atoms with van der Waals surface area (Å²) in [5.41, 5.74) is -0.571. The van der Waals surface area contributed by atoms with Crippen molar-refractivity contribution in [1.29, 1.82) is 0 Å². The van der Waals surface area contributed by atoms with Crippen molar-refractivity contribution >= 4 is 41.0 Å². The Morgan fingerprint density at radius 2 is 2.16 bits per heavy atom. The Bertz CT molecular complexity index is 381. The SMILES string of the molecule is CC(C)(C)OC(=O)NCC(=S)N1CCS[C@H]1C(=O)O. The van der Waals surface area contributed by atoms with Crippen LogP contribution in [0.5, 0.6) is 0 Å². The number of rotatable bonds is 3. The number of carboxylic acid groups (broad SMARTS) is 1. The minimum Gasteiger partial charge on any atom is -0.479 e. The molecule has 0 bridgehead atoms. The molecule has 0 saturated carbocycles. The van der Waals surface area contributed by atoms with Gasteiger partial charge in [0.15, 0.2) is 5.37 Å². The lowest BCUT2D eigenvalue weighted by Gasteiger charge is -2.24. The molecule has 19 heavy (non-hydrogen) atoms. The predicted molar refractivity (Wildman–Crippen MR) is 77.4 cm³/mol. The largest absolute Gasteiger partial charge is 0.479 e. The van der Waals surface area contributed by atoms with Crippen LogP contribution in [-0.2, 0) is 9.53 Å². The molecule has 1 atom stereocenters. The minimum atomic E-state index is -0.915. The molecule has 1 rings (SSSR count). The fourth-order valence-corrected chi connectivity index (χ4v) is 2.91. The molecule has 1 amide bonds. The number of nitrogens with zero attached hydrogens (tertiary/aromatic N) is 1. The first-order chi connectivity index (χ1) is 8.70. The van der Waals surface area contributed by atoms with E-state index in [1.807, 2.05) is 0 Å². The van der Waals surface area contributed by atoms with Crippen LogP contribution in [0.2, 0.25) is 0 Å². The average Bonchev–Trinajstić information content (AvgIpc) is 2.72. The van der Waals surface area contributed by atoms with E-state index >= 15 is 0 Å². The monoisotopic (exact) mass is 306 g/mol. The zero-order valence-corrected chi connectivity index (χ0v) is 12.8. The average molecular weight is 306 g/mol. The van der Waals surface area contributed by atoms with Gasteiger partial charge in [-0.2, -0.15) is 0 Å². The van der Waals surface area contributed by atoms with Crippen LogP contribution in [-0.4, -0.2) is 56.9 Å². The summed E-state index contributed by atoms with van der Waals surface area (Å²) in [6.45, 7) is 5.98. The zero-order chi connectivity index (χ0) is 14.6. The second kappa shape index (κ2) is 6.42. The first kappa shape index (κ1) is 16.0. The van der Waals surface area contributed by atoms with Crippen LogP contribution in [0.4, 0.5) is 4.79 Å². The molecule has 1 aliphatic heterocycles. The molecule has 6 nitrogen and oxygen atoms in total. The molecular formula is C11H18N2O4S2. The third kappa shape index (κ3) is 5.23. The Morgan fingerprint density at radius 1 is 1.53 bits per heavy atom. The standard InChI is InChI=1S/C11H18N2O4S2/c1-11(2,3)17-10(16)12-6-7(18)13-4-5-19-8(13)9(14)15/h8H,4-6H2,1-3H3,(H,12,16)(H,14,15)/t8-/m0/s1. The third-order valence-corrected chi connectivity index (χ3v) is 3.77. The fourth-order valence-electron chi connectivity index (χ4n) is 1.49. The summed E-state index contributed by atoms with van der Waals surface area (Å²) in [5, 5.41) is 10.9. The van der Waals surface area contributed by atoms with E-state index in [4.69, 9.17) is 22.1 Å². The zero-order valence-electron chi connectivity index (χ0n) is 11.1. The maximum Gasteiger partial charge on any atom is 0.408 e. The normalized spacial score (nSPS) is 19.1. The van der Waals surface area contributed by atoms with E-state index in [9.17, 15) is 9.59 Å². The quantitative estimate of drug-likeness (QED) is 0.761. The number of thioether (sulfide) groups is 1. The van der Waals surface area contributed by atoms with Crippen LogP contribution >= 0.6 is 24.0 Å². The smallest absolute Gasteiger partial charge is 0.408 e. The van der Waals surface area contributed by atoms with Crippen molar-refractivity contribution < 1.29 is 19.4 Å². The van der Waals surface area contributed by atoms with Gasteiger partial charge in [-0.05, 0) is 20.8 Å². The summed E-state index contributed by atoms with van der Waals surface area (Å²) < 4.78 is 5.08. The van der Waals surface area contributed by atoms with E-state index in [1.54, 1.807) is 25.7 Å². The second-order valence-corrected chi connectivity index (χ2v) is 6.66. The molecule has 1 fully saturated rings. The summed E-state index contributed by atoms with van der Waals surface area (Å²) in [4.78, 5) is 24.5. The number of carbonyl (C=O) groups is 2. The van der Waals surface area contributed by atoms with Crippen molar-refractivity contribution in [2.45, 2.75) is 31.7 Å².